The second-order valence-electron chi connectivity index (χ2n) is 6.62. The molecule has 3 aromatic rings. The Balaban J connectivity index is 1.67. The largest absolute Gasteiger partial charge is 0.354 e. The molecule has 1 atom stereocenters. The van der Waals surface area contributed by atoms with Gasteiger partial charge in [-0.2, -0.15) is 5.10 Å². The number of H-pyrrole nitrogens is 1. The lowest BCUT2D eigenvalue weighted by Gasteiger charge is -2.16. The molecule has 0 unspecified atom stereocenters. The molecule has 1 amide bonds. The van der Waals surface area contributed by atoms with E-state index in [1.165, 1.54) is 4.57 Å². The number of aromatic nitrogens is 4. The molecule has 0 aliphatic carbocycles. The maximum Gasteiger partial charge on any atom is 0.262 e. The van der Waals surface area contributed by atoms with Crippen LogP contribution in [0.15, 0.2) is 35.1 Å². The summed E-state index contributed by atoms with van der Waals surface area (Å²) < 4.78 is 3.49. The van der Waals surface area contributed by atoms with E-state index < -0.39 is 6.04 Å². The van der Waals surface area contributed by atoms with Crippen molar-refractivity contribution in [1.82, 2.24) is 24.6 Å². The van der Waals surface area contributed by atoms with Gasteiger partial charge in [-0.15, -0.1) is 0 Å². The summed E-state index contributed by atoms with van der Waals surface area (Å²) in [5, 5.41) is 7.79. The highest BCUT2D eigenvalue weighted by Gasteiger charge is 2.18. The van der Waals surface area contributed by atoms with E-state index in [2.05, 4.69) is 15.4 Å². The number of amides is 1. The number of hydrogen-bond donors (Lipinski definition) is 2. The molecule has 27 heavy (non-hydrogen) atoms. The van der Waals surface area contributed by atoms with Gasteiger partial charge >= 0.3 is 0 Å². The number of rotatable bonds is 6. The Labute approximate surface area is 162 Å². The number of fused-ring (bicyclic) bond motifs is 1. The zero-order valence-electron chi connectivity index (χ0n) is 15.7. The first-order valence-electron chi connectivity index (χ1n) is 8.91. The van der Waals surface area contributed by atoms with Gasteiger partial charge in [0.25, 0.3) is 5.56 Å². The Hall–Kier alpha value is -2.74. The molecule has 0 aliphatic rings. The molecule has 0 spiro atoms. The van der Waals surface area contributed by atoms with Crippen LogP contribution in [0.5, 0.6) is 0 Å². The van der Waals surface area contributed by atoms with Crippen molar-refractivity contribution in [2.75, 3.05) is 6.54 Å². The van der Waals surface area contributed by atoms with Crippen LogP contribution < -0.4 is 10.9 Å². The van der Waals surface area contributed by atoms with E-state index >= 15 is 0 Å². The van der Waals surface area contributed by atoms with Gasteiger partial charge in [-0.3, -0.25) is 18.8 Å². The SMILES string of the molecule is Cc1cc(C)n(CCCNC(=O)[C@H](C)n2c(=S)[nH]c3ccccc3c2=O)n1. The zero-order chi connectivity index (χ0) is 19.6. The molecule has 2 aromatic heterocycles. The van der Waals surface area contributed by atoms with Crippen molar-refractivity contribution in [3.05, 3.63) is 56.8 Å². The van der Waals surface area contributed by atoms with E-state index in [-0.39, 0.29) is 16.2 Å². The molecule has 7 nitrogen and oxygen atoms in total. The van der Waals surface area contributed by atoms with E-state index in [1.807, 2.05) is 30.7 Å². The second kappa shape index (κ2) is 7.87. The van der Waals surface area contributed by atoms with Crippen LogP contribution in [0.4, 0.5) is 0 Å². The van der Waals surface area contributed by atoms with E-state index in [9.17, 15) is 9.59 Å². The van der Waals surface area contributed by atoms with Gasteiger partial charge in [0.15, 0.2) is 4.77 Å². The minimum atomic E-state index is -0.695. The van der Waals surface area contributed by atoms with Crippen molar-refractivity contribution in [2.24, 2.45) is 0 Å². The molecular weight excluding hydrogens is 362 g/mol. The van der Waals surface area contributed by atoms with Crippen LogP contribution in [0.3, 0.4) is 0 Å². The van der Waals surface area contributed by atoms with Crippen LogP contribution in [0.2, 0.25) is 0 Å². The van der Waals surface area contributed by atoms with Crippen LogP contribution >= 0.6 is 12.2 Å². The van der Waals surface area contributed by atoms with Gasteiger partial charge in [0.05, 0.1) is 16.6 Å². The summed E-state index contributed by atoms with van der Waals surface area (Å²) in [4.78, 5) is 28.3. The Bertz CT molecular complexity index is 1100. The van der Waals surface area contributed by atoms with Crippen molar-refractivity contribution >= 4 is 29.0 Å². The van der Waals surface area contributed by atoms with Crippen LogP contribution in [0.1, 0.15) is 30.8 Å². The van der Waals surface area contributed by atoms with Crippen molar-refractivity contribution < 1.29 is 4.79 Å². The van der Waals surface area contributed by atoms with Gasteiger partial charge < -0.3 is 10.3 Å². The Morgan fingerprint density at radius 3 is 2.78 bits per heavy atom. The van der Waals surface area contributed by atoms with Crippen LogP contribution in [0.25, 0.3) is 10.9 Å². The zero-order valence-corrected chi connectivity index (χ0v) is 16.5. The van der Waals surface area contributed by atoms with Gasteiger partial charge in [-0.1, -0.05) is 12.1 Å². The quantitative estimate of drug-likeness (QED) is 0.505. The average Bonchev–Trinajstić information content (AvgIpc) is 2.95. The van der Waals surface area contributed by atoms with Crippen molar-refractivity contribution in [3.8, 4) is 0 Å². The fourth-order valence-electron chi connectivity index (χ4n) is 3.13. The molecule has 2 N–H and O–H groups in total. The number of aromatic amines is 1. The molecule has 0 aliphatic heterocycles. The molecule has 3 rings (SSSR count). The molecule has 0 bridgehead atoms. The summed E-state index contributed by atoms with van der Waals surface area (Å²) in [5.41, 5.74) is 2.48. The third kappa shape index (κ3) is 4.00. The maximum absolute atomic E-state index is 12.7. The standard InChI is InChI=1S/C19H23N5O2S/c1-12-11-13(2)23(22-12)10-6-9-20-17(25)14(3)24-18(26)15-7-4-5-8-16(15)21-19(24)27/h4-5,7-8,11,14H,6,9-10H2,1-3H3,(H,20,25)(H,21,27)/t14-/m0/s1. The fourth-order valence-corrected chi connectivity index (χ4v) is 3.49. The number of benzene rings is 1. The predicted octanol–water partition coefficient (Wildman–Crippen LogP) is 2.64. The van der Waals surface area contributed by atoms with Gasteiger partial charge in [0.1, 0.15) is 6.04 Å². The van der Waals surface area contributed by atoms with E-state index in [4.69, 9.17) is 12.2 Å². The molecule has 2 heterocycles. The summed E-state index contributed by atoms with van der Waals surface area (Å²) in [6, 6.07) is 8.46. The summed E-state index contributed by atoms with van der Waals surface area (Å²) in [7, 11) is 0. The summed E-state index contributed by atoms with van der Waals surface area (Å²) >= 11 is 5.29. The highest BCUT2D eigenvalue weighted by Crippen LogP contribution is 2.10. The minimum absolute atomic E-state index is 0.236. The lowest BCUT2D eigenvalue weighted by atomic mass is 10.2. The average molecular weight is 385 g/mol. The number of para-hydroxylation sites is 1. The van der Waals surface area contributed by atoms with E-state index in [1.54, 1.807) is 25.1 Å². The summed E-state index contributed by atoms with van der Waals surface area (Å²) in [6.07, 6.45) is 0.750. The molecule has 0 saturated heterocycles. The highest BCUT2D eigenvalue weighted by molar-refractivity contribution is 7.71. The molecule has 0 fully saturated rings. The molecule has 0 saturated carbocycles. The van der Waals surface area contributed by atoms with Crippen molar-refractivity contribution in [3.63, 3.8) is 0 Å². The van der Waals surface area contributed by atoms with Crippen LogP contribution in [0, 0.1) is 18.6 Å². The number of nitrogens with zero attached hydrogens (tertiary/aromatic N) is 3. The fraction of sp³-hybridized carbons (Fsp3) is 0.368. The smallest absolute Gasteiger partial charge is 0.262 e. The number of hydrogen-bond acceptors (Lipinski definition) is 4. The summed E-state index contributed by atoms with van der Waals surface area (Å²) in [6.45, 7) is 6.87. The monoisotopic (exact) mass is 385 g/mol. The highest BCUT2D eigenvalue weighted by atomic mass is 32.1. The first-order valence-corrected chi connectivity index (χ1v) is 9.31. The lowest BCUT2D eigenvalue weighted by Crippen LogP contribution is -2.37. The first kappa shape index (κ1) is 19.0. The third-order valence-corrected chi connectivity index (χ3v) is 4.85. The Morgan fingerprint density at radius 1 is 1.33 bits per heavy atom. The van der Waals surface area contributed by atoms with Crippen LogP contribution in [-0.2, 0) is 11.3 Å². The lowest BCUT2D eigenvalue weighted by molar-refractivity contribution is -0.124. The van der Waals surface area contributed by atoms with Crippen LogP contribution in [-0.4, -0.2) is 31.8 Å². The molecule has 1 aromatic carbocycles. The van der Waals surface area contributed by atoms with Crippen molar-refractivity contribution in [2.45, 2.75) is 39.8 Å². The van der Waals surface area contributed by atoms with Crippen molar-refractivity contribution in [1.29, 1.82) is 0 Å². The second-order valence-corrected chi connectivity index (χ2v) is 7.01. The first-order chi connectivity index (χ1) is 12.9. The van der Waals surface area contributed by atoms with Gasteiger partial charge in [-0.05, 0) is 57.6 Å². The number of aryl methyl sites for hydroxylation is 3. The number of carbonyl (C=O) groups is 1. The minimum Gasteiger partial charge on any atom is -0.354 e. The number of carbonyl (C=O) groups excluding carboxylic acids is 1. The molecule has 0 radical (unpaired) electrons. The predicted molar refractivity (Wildman–Crippen MR) is 107 cm³/mol. The molecular formula is C19H23N5O2S. The Kier molecular flexibility index (Phi) is 5.55. The number of nitrogens with one attached hydrogen (secondary N) is 2. The Morgan fingerprint density at radius 2 is 2.07 bits per heavy atom. The van der Waals surface area contributed by atoms with Gasteiger partial charge in [0, 0.05) is 18.8 Å². The summed E-state index contributed by atoms with van der Waals surface area (Å²) in [5.74, 6) is -0.236. The van der Waals surface area contributed by atoms with Gasteiger partial charge in [0.2, 0.25) is 5.91 Å². The molecule has 8 heteroatoms. The normalized spacial score (nSPS) is 12.3. The van der Waals surface area contributed by atoms with E-state index in [0.717, 1.165) is 24.4 Å². The van der Waals surface area contributed by atoms with Gasteiger partial charge in [-0.25, -0.2) is 0 Å². The maximum atomic E-state index is 12.7. The van der Waals surface area contributed by atoms with E-state index in [0.29, 0.717) is 17.4 Å². The molecule has 142 valence electrons. The topological polar surface area (TPSA) is 84.7 Å². The third-order valence-electron chi connectivity index (χ3n) is 4.55.